The maximum Gasteiger partial charge on any atom is 0.265 e. The fraction of sp³-hybridized carbons (Fsp3) is 0.152. The van der Waals surface area contributed by atoms with Crippen molar-refractivity contribution in [3.63, 3.8) is 0 Å². The maximum absolute atomic E-state index is 14.9. The fourth-order valence-corrected chi connectivity index (χ4v) is 5.44. The predicted molar refractivity (Wildman–Crippen MR) is 149 cm³/mol. The summed E-state index contributed by atoms with van der Waals surface area (Å²) in [6.45, 7) is 0. The zero-order valence-electron chi connectivity index (χ0n) is 22.0. The van der Waals surface area contributed by atoms with Gasteiger partial charge in [0.15, 0.2) is 0 Å². The van der Waals surface area contributed by atoms with Crippen LogP contribution in [-0.2, 0) is 23.1 Å². The van der Waals surface area contributed by atoms with Gasteiger partial charge in [-0.3, -0.25) is 9.59 Å². The van der Waals surface area contributed by atoms with E-state index < -0.39 is 17.2 Å². The standard InChI is InChI=1S/C33H25N3O4/c1-39-26-15-16-28-27(17-26)31(37)36(29-13-7-8-14-30(29)40-2)32(38)33(28,18-22-9-3-5-11-24(22)20-34)19-23-10-4-6-12-25(23)21-35/h3-17H,18-19H2,1-2H3. The Morgan fingerprint density at radius 2 is 1.32 bits per heavy atom. The normalized spacial score (nSPS) is 13.7. The molecule has 196 valence electrons. The van der Waals surface area contributed by atoms with Crippen LogP contribution in [-0.4, -0.2) is 26.0 Å². The first-order chi connectivity index (χ1) is 19.5. The maximum atomic E-state index is 14.9. The molecular weight excluding hydrogens is 502 g/mol. The van der Waals surface area contributed by atoms with Crippen molar-refractivity contribution >= 4 is 17.5 Å². The van der Waals surface area contributed by atoms with Crippen molar-refractivity contribution in [3.8, 4) is 23.6 Å². The number of anilines is 1. The quantitative estimate of drug-likeness (QED) is 0.300. The Kier molecular flexibility index (Phi) is 7.05. The summed E-state index contributed by atoms with van der Waals surface area (Å²) in [5.74, 6) is -0.161. The van der Waals surface area contributed by atoms with E-state index in [0.29, 0.717) is 50.6 Å². The Bertz CT molecular complexity index is 1650. The predicted octanol–water partition coefficient (Wildman–Crippen LogP) is 5.36. The van der Waals surface area contributed by atoms with Crippen LogP contribution in [0.5, 0.6) is 11.5 Å². The number of carbonyl (C=O) groups is 2. The number of hydrogen-bond acceptors (Lipinski definition) is 6. The Balaban J connectivity index is 1.84. The Morgan fingerprint density at radius 3 is 1.90 bits per heavy atom. The number of para-hydroxylation sites is 2. The third-order valence-corrected chi connectivity index (χ3v) is 7.37. The number of ether oxygens (including phenoxy) is 2. The van der Waals surface area contributed by atoms with Gasteiger partial charge in [0.25, 0.3) is 5.91 Å². The van der Waals surface area contributed by atoms with Crippen LogP contribution in [0.3, 0.4) is 0 Å². The van der Waals surface area contributed by atoms with Gasteiger partial charge in [0.1, 0.15) is 11.5 Å². The minimum atomic E-state index is -1.35. The van der Waals surface area contributed by atoms with Gasteiger partial charge in [-0.1, -0.05) is 54.6 Å². The van der Waals surface area contributed by atoms with Crippen molar-refractivity contribution in [1.82, 2.24) is 0 Å². The molecule has 1 aliphatic heterocycles. The molecular formula is C33H25N3O4. The Morgan fingerprint density at radius 1 is 0.750 bits per heavy atom. The van der Waals surface area contributed by atoms with Gasteiger partial charge in [-0.15, -0.1) is 0 Å². The third-order valence-electron chi connectivity index (χ3n) is 7.37. The number of benzene rings is 4. The lowest BCUT2D eigenvalue weighted by molar-refractivity contribution is -0.124. The first-order valence-electron chi connectivity index (χ1n) is 12.6. The molecule has 2 amide bonds. The lowest BCUT2D eigenvalue weighted by Gasteiger charge is -2.43. The van der Waals surface area contributed by atoms with Crippen LogP contribution in [0.2, 0.25) is 0 Å². The molecule has 4 aromatic carbocycles. The highest BCUT2D eigenvalue weighted by atomic mass is 16.5. The zero-order chi connectivity index (χ0) is 28.3. The number of nitriles is 2. The summed E-state index contributed by atoms with van der Waals surface area (Å²) in [4.78, 5) is 30.2. The molecule has 0 aromatic heterocycles. The van der Waals surface area contributed by atoms with E-state index in [2.05, 4.69) is 12.1 Å². The van der Waals surface area contributed by atoms with Crippen molar-refractivity contribution in [2.24, 2.45) is 0 Å². The van der Waals surface area contributed by atoms with Gasteiger partial charge in [0.05, 0.1) is 48.6 Å². The summed E-state index contributed by atoms with van der Waals surface area (Å²) in [5.41, 5.74) is 1.94. The molecule has 0 atom stereocenters. The Labute approximate surface area is 232 Å². The largest absolute Gasteiger partial charge is 0.497 e. The van der Waals surface area contributed by atoms with Crippen LogP contribution in [0.25, 0.3) is 0 Å². The van der Waals surface area contributed by atoms with E-state index in [0.717, 1.165) is 4.90 Å². The number of methoxy groups -OCH3 is 2. The van der Waals surface area contributed by atoms with Crippen LogP contribution in [0.1, 0.15) is 38.2 Å². The highest BCUT2D eigenvalue weighted by molar-refractivity contribution is 6.28. The van der Waals surface area contributed by atoms with Crippen LogP contribution in [0, 0.1) is 22.7 Å². The smallest absolute Gasteiger partial charge is 0.265 e. The molecule has 0 unspecified atom stereocenters. The van der Waals surface area contributed by atoms with Gasteiger partial charge in [0.2, 0.25) is 5.91 Å². The number of fused-ring (bicyclic) bond motifs is 1. The Hall–Kier alpha value is -5.40. The minimum Gasteiger partial charge on any atom is -0.497 e. The fourth-order valence-electron chi connectivity index (χ4n) is 5.44. The summed E-state index contributed by atoms with van der Waals surface area (Å²) in [6, 6.07) is 30.6. The SMILES string of the molecule is COc1ccc2c(c1)C(=O)N(c1ccccc1OC)C(=O)C2(Cc1ccccc1C#N)Cc1ccccc1C#N. The number of rotatable bonds is 7. The second-order valence-corrected chi connectivity index (χ2v) is 9.50. The van der Waals surface area contributed by atoms with Crippen LogP contribution >= 0.6 is 0 Å². The highest BCUT2D eigenvalue weighted by Gasteiger charge is 2.52. The number of carbonyl (C=O) groups excluding carboxylic acids is 2. The first-order valence-corrected chi connectivity index (χ1v) is 12.6. The monoisotopic (exact) mass is 527 g/mol. The number of hydrogen-bond donors (Lipinski definition) is 0. The number of nitrogens with zero attached hydrogens (tertiary/aromatic N) is 3. The molecule has 7 nitrogen and oxygen atoms in total. The molecule has 5 rings (SSSR count). The molecule has 0 N–H and O–H groups in total. The lowest BCUT2D eigenvalue weighted by Crippen LogP contribution is -2.57. The number of imide groups is 1. The molecule has 40 heavy (non-hydrogen) atoms. The second kappa shape index (κ2) is 10.8. The van der Waals surface area contributed by atoms with E-state index in [4.69, 9.17) is 9.47 Å². The molecule has 4 aromatic rings. The molecule has 0 saturated carbocycles. The van der Waals surface area contributed by atoms with Crippen molar-refractivity contribution in [2.75, 3.05) is 19.1 Å². The topological polar surface area (TPSA) is 103 Å². The molecule has 0 saturated heterocycles. The van der Waals surface area contributed by atoms with Crippen molar-refractivity contribution in [2.45, 2.75) is 18.3 Å². The molecule has 0 spiro atoms. The molecule has 0 fully saturated rings. The molecule has 1 heterocycles. The zero-order valence-corrected chi connectivity index (χ0v) is 22.0. The van der Waals surface area contributed by atoms with Gasteiger partial charge in [-0.05, 0) is 65.9 Å². The van der Waals surface area contributed by atoms with Crippen LogP contribution in [0.15, 0.2) is 91.0 Å². The second-order valence-electron chi connectivity index (χ2n) is 9.50. The summed E-state index contributed by atoms with van der Waals surface area (Å²) < 4.78 is 11.0. The van der Waals surface area contributed by atoms with Crippen LogP contribution in [0.4, 0.5) is 5.69 Å². The summed E-state index contributed by atoms with van der Waals surface area (Å²) in [7, 11) is 2.99. The van der Waals surface area contributed by atoms with Gasteiger partial charge < -0.3 is 9.47 Å². The average Bonchev–Trinajstić information content (AvgIpc) is 3.00. The van der Waals surface area contributed by atoms with Crippen molar-refractivity contribution in [1.29, 1.82) is 10.5 Å². The van der Waals surface area contributed by atoms with Gasteiger partial charge in [0, 0.05) is 5.56 Å². The average molecular weight is 528 g/mol. The number of amides is 2. The van der Waals surface area contributed by atoms with E-state index in [1.165, 1.54) is 14.2 Å². The molecule has 0 radical (unpaired) electrons. The van der Waals surface area contributed by atoms with E-state index in [1.807, 2.05) is 24.3 Å². The van der Waals surface area contributed by atoms with Crippen LogP contribution < -0.4 is 14.4 Å². The van der Waals surface area contributed by atoms with E-state index in [1.54, 1.807) is 66.7 Å². The van der Waals surface area contributed by atoms with Crippen molar-refractivity contribution in [3.05, 3.63) is 124 Å². The molecule has 0 bridgehead atoms. The first kappa shape index (κ1) is 26.2. The van der Waals surface area contributed by atoms with Crippen molar-refractivity contribution < 1.29 is 19.1 Å². The van der Waals surface area contributed by atoms with E-state index in [-0.39, 0.29) is 12.8 Å². The van der Waals surface area contributed by atoms with Gasteiger partial charge >= 0.3 is 0 Å². The van der Waals surface area contributed by atoms with E-state index >= 15 is 0 Å². The molecule has 1 aliphatic rings. The third kappa shape index (κ3) is 4.34. The summed E-state index contributed by atoms with van der Waals surface area (Å²) >= 11 is 0. The summed E-state index contributed by atoms with van der Waals surface area (Å²) in [6.07, 6.45) is 0.237. The van der Waals surface area contributed by atoms with Gasteiger partial charge in [-0.2, -0.15) is 10.5 Å². The van der Waals surface area contributed by atoms with Gasteiger partial charge in [-0.25, -0.2) is 4.90 Å². The highest BCUT2D eigenvalue weighted by Crippen LogP contribution is 2.45. The van der Waals surface area contributed by atoms with E-state index in [9.17, 15) is 20.1 Å². The minimum absolute atomic E-state index is 0.119. The molecule has 7 heteroatoms. The lowest BCUT2D eigenvalue weighted by atomic mass is 9.66. The summed E-state index contributed by atoms with van der Waals surface area (Å²) in [5, 5.41) is 19.8. The molecule has 0 aliphatic carbocycles.